The summed E-state index contributed by atoms with van der Waals surface area (Å²) in [5.74, 6) is 0.247. The van der Waals surface area contributed by atoms with Crippen LogP contribution in [0.4, 0.5) is 0 Å². The standard InChI is InChI=1S/C18H22N4O3/c1-21-12-14(17(20-21)25-2)11-19-16(23)15-9-6-10-22(15)18(24)13-7-4-3-5-8-13/h3-5,7-8,12,15H,6,9-11H2,1-2H3,(H,19,23)/t15-/m1/s1. The minimum Gasteiger partial charge on any atom is -0.480 e. The molecule has 1 saturated heterocycles. The minimum atomic E-state index is -0.435. The molecule has 25 heavy (non-hydrogen) atoms. The van der Waals surface area contributed by atoms with Gasteiger partial charge in [0.15, 0.2) is 0 Å². The van der Waals surface area contributed by atoms with E-state index >= 15 is 0 Å². The van der Waals surface area contributed by atoms with Gasteiger partial charge in [-0.25, -0.2) is 0 Å². The first kappa shape index (κ1) is 17.0. The molecule has 3 rings (SSSR count). The molecule has 2 aromatic rings. The molecular weight excluding hydrogens is 320 g/mol. The van der Waals surface area contributed by atoms with Gasteiger partial charge in [-0.2, -0.15) is 0 Å². The molecule has 0 saturated carbocycles. The van der Waals surface area contributed by atoms with Crippen molar-refractivity contribution in [1.29, 1.82) is 0 Å². The topological polar surface area (TPSA) is 76.5 Å². The molecule has 0 spiro atoms. The number of amides is 2. The predicted molar refractivity (Wildman–Crippen MR) is 92.1 cm³/mol. The Morgan fingerprint density at radius 2 is 2.08 bits per heavy atom. The summed E-state index contributed by atoms with van der Waals surface area (Å²) < 4.78 is 6.83. The maximum absolute atomic E-state index is 12.7. The van der Waals surface area contributed by atoms with Crippen LogP contribution in [0.15, 0.2) is 36.5 Å². The van der Waals surface area contributed by atoms with E-state index in [1.807, 2.05) is 18.2 Å². The summed E-state index contributed by atoms with van der Waals surface area (Å²) in [7, 11) is 3.34. The Morgan fingerprint density at radius 3 is 2.80 bits per heavy atom. The van der Waals surface area contributed by atoms with Gasteiger partial charge in [0.1, 0.15) is 6.04 Å². The number of carbonyl (C=O) groups is 2. The molecule has 1 fully saturated rings. The molecule has 1 aromatic heterocycles. The van der Waals surface area contributed by atoms with Crippen molar-refractivity contribution in [3.63, 3.8) is 0 Å². The zero-order chi connectivity index (χ0) is 17.8. The number of hydrogen-bond acceptors (Lipinski definition) is 4. The Kier molecular flexibility index (Phi) is 5.02. The number of ether oxygens (including phenoxy) is 1. The Labute approximate surface area is 146 Å². The van der Waals surface area contributed by atoms with Crippen LogP contribution >= 0.6 is 0 Å². The number of carbonyl (C=O) groups excluding carboxylic acids is 2. The van der Waals surface area contributed by atoms with Crippen LogP contribution in [0.3, 0.4) is 0 Å². The number of nitrogens with one attached hydrogen (secondary N) is 1. The predicted octanol–water partition coefficient (Wildman–Crippen LogP) is 1.35. The molecular formula is C18H22N4O3. The summed E-state index contributed by atoms with van der Waals surface area (Å²) in [5, 5.41) is 7.07. The first-order valence-electron chi connectivity index (χ1n) is 8.30. The van der Waals surface area contributed by atoms with Gasteiger partial charge in [-0.3, -0.25) is 14.3 Å². The zero-order valence-corrected chi connectivity index (χ0v) is 14.4. The molecule has 7 heteroatoms. The van der Waals surface area contributed by atoms with E-state index in [9.17, 15) is 9.59 Å². The number of benzene rings is 1. The first-order chi connectivity index (χ1) is 12.1. The Balaban J connectivity index is 1.65. The molecule has 2 heterocycles. The number of nitrogens with zero attached hydrogens (tertiary/aromatic N) is 3. The van der Waals surface area contributed by atoms with Gasteiger partial charge in [0.25, 0.3) is 5.91 Å². The van der Waals surface area contributed by atoms with Crippen molar-refractivity contribution < 1.29 is 14.3 Å². The fraction of sp³-hybridized carbons (Fsp3) is 0.389. The maximum Gasteiger partial charge on any atom is 0.254 e. The van der Waals surface area contributed by atoms with Crippen LogP contribution in [-0.2, 0) is 18.4 Å². The molecule has 0 radical (unpaired) electrons. The summed E-state index contributed by atoms with van der Waals surface area (Å²) in [6.07, 6.45) is 3.31. The van der Waals surface area contributed by atoms with E-state index in [0.29, 0.717) is 31.0 Å². The highest BCUT2D eigenvalue weighted by atomic mass is 16.5. The first-order valence-corrected chi connectivity index (χ1v) is 8.30. The van der Waals surface area contributed by atoms with E-state index in [2.05, 4.69) is 10.4 Å². The normalized spacial score (nSPS) is 16.7. The van der Waals surface area contributed by atoms with Crippen LogP contribution in [0.2, 0.25) is 0 Å². The molecule has 0 unspecified atom stereocenters. The molecule has 1 N–H and O–H groups in total. The number of aryl methyl sites for hydroxylation is 1. The SMILES string of the molecule is COc1nn(C)cc1CNC(=O)[C@H]1CCCN1C(=O)c1ccccc1. The average molecular weight is 342 g/mol. The quantitative estimate of drug-likeness (QED) is 0.890. The maximum atomic E-state index is 12.7. The number of likely N-dealkylation sites (tertiary alicyclic amines) is 1. The lowest BCUT2D eigenvalue weighted by molar-refractivity contribution is -0.125. The van der Waals surface area contributed by atoms with Crippen molar-refractivity contribution in [3.8, 4) is 5.88 Å². The Morgan fingerprint density at radius 1 is 1.32 bits per heavy atom. The van der Waals surface area contributed by atoms with Crippen LogP contribution in [0.25, 0.3) is 0 Å². The van der Waals surface area contributed by atoms with E-state index in [1.165, 1.54) is 0 Å². The van der Waals surface area contributed by atoms with Crippen LogP contribution in [0.1, 0.15) is 28.8 Å². The molecule has 1 aromatic carbocycles. The number of rotatable bonds is 5. The largest absolute Gasteiger partial charge is 0.480 e. The lowest BCUT2D eigenvalue weighted by Crippen LogP contribution is -2.45. The molecule has 0 aliphatic carbocycles. The monoisotopic (exact) mass is 342 g/mol. The van der Waals surface area contributed by atoms with E-state index in [0.717, 1.165) is 12.0 Å². The smallest absolute Gasteiger partial charge is 0.254 e. The summed E-state index contributed by atoms with van der Waals surface area (Å²) >= 11 is 0. The fourth-order valence-corrected chi connectivity index (χ4v) is 3.14. The van der Waals surface area contributed by atoms with Gasteiger partial charge in [-0.1, -0.05) is 18.2 Å². The van der Waals surface area contributed by atoms with Gasteiger partial charge in [0.2, 0.25) is 11.8 Å². The van der Waals surface area contributed by atoms with Crippen molar-refractivity contribution >= 4 is 11.8 Å². The van der Waals surface area contributed by atoms with Crippen molar-refractivity contribution in [2.24, 2.45) is 7.05 Å². The minimum absolute atomic E-state index is 0.0998. The van der Waals surface area contributed by atoms with Gasteiger partial charge in [-0.05, 0) is 25.0 Å². The third kappa shape index (κ3) is 3.65. The highest BCUT2D eigenvalue weighted by molar-refractivity contribution is 5.97. The van der Waals surface area contributed by atoms with Crippen LogP contribution in [-0.4, -0.2) is 46.2 Å². The lowest BCUT2D eigenvalue weighted by atomic mass is 10.1. The number of methoxy groups -OCH3 is 1. The van der Waals surface area contributed by atoms with Crippen molar-refractivity contribution in [3.05, 3.63) is 47.7 Å². The summed E-state index contributed by atoms with van der Waals surface area (Å²) in [5.41, 5.74) is 1.41. The second-order valence-electron chi connectivity index (χ2n) is 6.08. The van der Waals surface area contributed by atoms with Crippen molar-refractivity contribution in [2.75, 3.05) is 13.7 Å². The van der Waals surface area contributed by atoms with E-state index in [1.54, 1.807) is 42.1 Å². The van der Waals surface area contributed by atoms with Gasteiger partial charge in [0.05, 0.1) is 12.7 Å². The van der Waals surface area contributed by atoms with E-state index in [-0.39, 0.29) is 11.8 Å². The van der Waals surface area contributed by atoms with Crippen molar-refractivity contribution in [2.45, 2.75) is 25.4 Å². The molecule has 1 aliphatic heterocycles. The molecule has 132 valence electrons. The zero-order valence-electron chi connectivity index (χ0n) is 14.4. The van der Waals surface area contributed by atoms with Gasteiger partial charge in [-0.15, -0.1) is 5.10 Å². The average Bonchev–Trinajstić information content (AvgIpc) is 3.26. The molecule has 7 nitrogen and oxygen atoms in total. The second-order valence-corrected chi connectivity index (χ2v) is 6.08. The second kappa shape index (κ2) is 7.38. The lowest BCUT2D eigenvalue weighted by Gasteiger charge is -2.24. The van der Waals surface area contributed by atoms with Gasteiger partial charge < -0.3 is 15.0 Å². The fourth-order valence-electron chi connectivity index (χ4n) is 3.14. The Hall–Kier alpha value is -2.83. The molecule has 1 atom stereocenters. The summed E-state index contributed by atoms with van der Waals surface area (Å²) in [6, 6.07) is 8.63. The molecule has 0 bridgehead atoms. The van der Waals surface area contributed by atoms with Crippen LogP contribution < -0.4 is 10.1 Å². The highest BCUT2D eigenvalue weighted by Gasteiger charge is 2.34. The summed E-state index contributed by atoms with van der Waals surface area (Å²) in [4.78, 5) is 26.9. The number of aromatic nitrogens is 2. The number of hydrogen-bond donors (Lipinski definition) is 1. The van der Waals surface area contributed by atoms with E-state index in [4.69, 9.17) is 4.74 Å². The van der Waals surface area contributed by atoms with E-state index < -0.39 is 6.04 Å². The highest BCUT2D eigenvalue weighted by Crippen LogP contribution is 2.21. The third-order valence-corrected chi connectivity index (χ3v) is 4.35. The summed E-state index contributed by atoms with van der Waals surface area (Å²) in [6.45, 7) is 0.918. The van der Waals surface area contributed by atoms with Crippen molar-refractivity contribution in [1.82, 2.24) is 20.0 Å². The van der Waals surface area contributed by atoms with Gasteiger partial charge in [0, 0.05) is 31.9 Å². The van der Waals surface area contributed by atoms with Crippen LogP contribution in [0, 0.1) is 0 Å². The molecule has 1 aliphatic rings. The molecule has 2 amide bonds. The van der Waals surface area contributed by atoms with Gasteiger partial charge >= 0.3 is 0 Å². The third-order valence-electron chi connectivity index (χ3n) is 4.35. The Bertz CT molecular complexity index is 757. The van der Waals surface area contributed by atoms with Crippen LogP contribution in [0.5, 0.6) is 5.88 Å².